The molecule has 2 aliphatic heterocycles. The van der Waals surface area contributed by atoms with Crippen molar-refractivity contribution in [1.82, 2.24) is 0 Å². The maximum Gasteiger partial charge on any atom is 0.147 e. The van der Waals surface area contributed by atoms with Crippen LogP contribution < -0.4 is 11.5 Å². The van der Waals surface area contributed by atoms with Gasteiger partial charge in [0.2, 0.25) is 0 Å². The summed E-state index contributed by atoms with van der Waals surface area (Å²) in [6.07, 6.45) is -2.86. The Morgan fingerprint density at radius 3 is 2.10 bits per heavy atom. The van der Waals surface area contributed by atoms with Gasteiger partial charge >= 0.3 is 0 Å². The zero-order valence-corrected chi connectivity index (χ0v) is 24.0. The molecule has 10 N–H and O–H groups in total. The summed E-state index contributed by atoms with van der Waals surface area (Å²) in [7, 11) is 0. The van der Waals surface area contributed by atoms with Crippen molar-refractivity contribution in [3.63, 3.8) is 0 Å². The van der Waals surface area contributed by atoms with Gasteiger partial charge in [-0.3, -0.25) is 0 Å². The first-order valence-corrected chi connectivity index (χ1v) is 14.2. The van der Waals surface area contributed by atoms with Crippen LogP contribution in [0.25, 0.3) is 6.08 Å². The van der Waals surface area contributed by atoms with Crippen molar-refractivity contribution in [1.29, 1.82) is 0 Å². The number of aliphatic hydroxyl groups excluding tert-OH is 6. The van der Waals surface area contributed by atoms with Crippen LogP contribution in [0.3, 0.4) is 0 Å². The molecule has 2 aromatic carbocycles. The molecule has 42 heavy (non-hydrogen) atoms. The number of rotatable bonds is 7. The van der Waals surface area contributed by atoms with Crippen molar-refractivity contribution in [2.24, 2.45) is 0 Å². The van der Waals surface area contributed by atoms with E-state index in [-0.39, 0.29) is 0 Å². The third kappa shape index (κ3) is 9.01. The Labute approximate surface area is 247 Å². The lowest BCUT2D eigenvalue weighted by Crippen LogP contribution is -2.57. The van der Waals surface area contributed by atoms with E-state index >= 15 is 0 Å². The summed E-state index contributed by atoms with van der Waals surface area (Å²) < 4.78 is 11.1. The van der Waals surface area contributed by atoms with Crippen molar-refractivity contribution >= 4 is 17.5 Å². The van der Waals surface area contributed by atoms with Crippen LogP contribution in [0.15, 0.2) is 54.6 Å². The van der Waals surface area contributed by atoms with Crippen LogP contribution in [0.4, 0.5) is 11.4 Å². The van der Waals surface area contributed by atoms with Gasteiger partial charge in [0.1, 0.15) is 42.7 Å². The molecular weight excluding hydrogens is 540 g/mol. The lowest BCUT2D eigenvalue weighted by molar-refractivity contribution is -0.215. The molecule has 0 amide bonds. The number of nitrogen functional groups attached to an aromatic ring is 2. The molecule has 2 aromatic rings. The first kappa shape index (κ1) is 33.5. The van der Waals surface area contributed by atoms with Crippen molar-refractivity contribution < 1.29 is 40.1 Å². The predicted octanol–water partition coefficient (Wildman–Crippen LogP) is 1.01. The third-order valence-electron chi connectivity index (χ3n) is 7.55. The van der Waals surface area contributed by atoms with Gasteiger partial charge in [0.05, 0.1) is 18.3 Å². The van der Waals surface area contributed by atoms with E-state index in [1.54, 1.807) is 13.8 Å². The molecule has 10 nitrogen and oxygen atoms in total. The molecule has 230 valence electrons. The molecule has 2 aliphatic rings. The highest BCUT2D eigenvalue weighted by Gasteiger charge is 2.43. The van der Waals surface area contributed by atoms with E-state index in [2.05, 4.69) is 11.8 Å². The Hall–Kier alpha value is -2.98. The molecule has 2 fully saturated rings. The van der Waals surface area contributed by atoms with Gasteiger partial charge in [0.15, 0.2) is 0 Å². The van der Waals surface area contributed by atoms with Crippen LogP contribution in [-0.2, 0) is 15.9 Å². The number of para-hydroxylation sites is 1. The molecule has 4 unspecified atom stereocenters. The number of aryl methyl sites for hydroxylation is 1. The molecule has 0 aromatic heterocycles. The third-order valence-corrected chi connectivity index (χ3v) is 7.55. The first-order chi connectivity index (χ1) is 20.0. The van der Waals surface area contributed by atoms with Gasteiger partial charge in [0, 0.05) is 11.4 Å². The van der Waals surface area contributed by atoms with Crippen LogP contribution in [0, 0.1) is 11.8 Å². The van der Waals surface area contributed by atoms with Gasteiger partial charge in [-0.2, -0.15) is 0 Å². The van der Waals surface area contributed by atoms with E-state index in [1.165, 1.54) is 0 Å². The minimum absolute atomic E-state index is 0.434. The molecule has 0 saturated carbocycles. The molecule has 0 aliphatic carbocycles. The standard InChI is InChI=1S/C17H23NO4.C15H21NO4/c1-2-4-13-15(19)17(21)16(20)14(22-13)6-3-5-11-7-9-12(18)10-8-11;1-9-13(17)15(19)14(18)12(20-9)8-4-6-10-5-2-3-7-11(10)16/h7-10,13-17,19-21H,3,5-6,18H2,1H3;2-7,9,12-15,17-19H,8,16H2,1H3/b;6-4+/t13?,14-,15+,16?,17-;9?,12-,13+,14?,15-/m00/s1. The van der Waals surface area contributed by atoms with Gasteiger partial charge in [0.25, 0.3) is 0 Å². The molecule has 10 heteroatoms. The van der Waals surface area contributed by atoms with Crippen molar-refractivity contribution in [2.45, 2.75) is 101 Å². The number of anilines is 2. The quantitative estimate of drug-likeness (QED) is 0.172. The summed E-state index contributed by atoms with van der Waals surface area (Å²) in [5, 5.41) is 59.0. The van der Waals surface area contributed by atoms with E-state index in [0.29, 0.717) is 18.5 Å². The number of hydrogen-bond acceptors (Lipinski definition) is 10. The van der Waals surface area contributed by atoms with Crippen LogP contribution >= 0.6 is 0 Å². The Balaban J connectivity index is 0.000000231. The summed E-state index contributed by atoms with van der Waals surface area (Å²) >= 11 is 0. The highest BCUT2D eigenvalue weighted by molar-refractivity contribution is 5.64. The van der Waals surface area contributed by atoms with Crippen LogP contribution in [0.1, 0.15) is 44.2 Å². The zero-order valence-electron chi connectivity index (χ0n) is 24.0. The van der Waals surface area contributed by atoms with E-state index in [1.807, 2.05) is 60.7 Å². The number of nitrogens with two attached hydrogens (primary N) is 2. The molecule has 2 saturated heterocycles. The first-order valence-electron chi connectivity index (χ1n) is 14.2. The minimum Gasteiger partial charge on any atom is -0.399 e. The van der Waals surface area contributed by atoms with Crippen LogP contribution in [-0.4, -0.2) is 91.7 Å². The lowest BCUT2D eigenvalue weighted by Gasteiger charge is -2.39. The zero-order chi connectivity index (χ0) is 30.8. The average Bonchev–Trinajstić information content (AvgIpc) is 2.98. The maximum atomic E-state index is 10.0. The monoisotopic (exact) mass is 584 g/mol. The summed E-state index contributed by atoms with van der Waals surface area (Å²) in [5.41, 5.74) is 14.9. The van der Waals surface area contributed by atoms with E-state index in [9.17, 15) is 30.6 Å². The van der Waals surface area contributed by atoms with Crippen molar-refractivity contribution in [2.75, 3.05) is 11.5 Å². The maximum absolute atomic E-state index is 10.0. The van der Waals surface area contributed by atoms with Crippen molar-refractivity contribution in [3.8, 4) is 11.8 Å². The normalized spacial score (nSPS) is 32.9. The van der Waals surface area contributed by atoms with Gasteiger partial charge in [-0.25, -0.2) is 0 Å². The highest BCUT2D eigenvalue weighted by atomic mass is 16.5. The fraction of sp³-hybridized carbons (Fsp3) is 0.500. The van der Waals surface area contributed by atoms with Crippen LogP contribution in [0.2, 0.25) is 0 Å². The summed E-state index contributed by atoms with van der Waals surface area (Å²) in [6, 6.07) is 15.1. The number of benzene rings is 2. The fourth-order valence-electron chi connectivity index (χ4n) is 4.97. The second kappa shape index (κ2) is 16.0. The highest BCUT2D eigenvalue weighted by Crippen LogP contribution is 2.25. The molecule has 0 radical (unpaired) electrons. The Bertz CT molecular complexity index is 1200. The van der Waals surface area contributed by atoms with Crippen LogP contribution in [0.5, 0.6) is 0 Å². The van der Waals surface area contributed by atoms with Gasteiger partial charge in [-0.15, -0.1) is 5.92 Å². The molecule has 2 heterocycles. The lowest BCUT2D eigenvalue weighted by atomic mass is 9.92. The topological polar surface area (TPSA) is 192 Å². The molecule has 4 rings (SSSR count). The van der Waals surface area contributed by atoms with E-state index in [4.69, 9.17) is 20.9 Å². The summed E-state index contributed by atoms with van der Waals surface area (Å²) in [6.45, 7) is 3.31. The number of ether oxygens (including phenoxy) is 2. The van der Waals surface area contributed by atoms with Gasteiger partial charge in [-0.1, -0.05) is 48.4 Å². The minimum atomic E-state index is -1.24. The molecule has 0 spiro atoms. The Morgan fingerprint density at radius 1 is 0.786 bits per heavy atom. The Kier molecular flexibility index (Phi) is 12.8. The van der Waals surface area contributed by atoms with E-state index in [0.717, 1.165) is 29.7 Å². The fourth-order valence-corrected chi connectivity index (χ4v) is 4.97. The predicted molar refractivity (Wildman–Crippen MR) is 161 cm³/mol. The van der Waals surface area contributed by atoms with Gasteiger partial charge in [-0.05, 0) is 68.9 Å². The smallest absolute Gasteiger partial charge is 0.147 e. The Morgan fingerprint density at radius 2 is 1.43 bits per heavy atom. The molecule has 10 atom stereocenters. The SMILES string of the molecule is CC#CC1O[C@@H](CCCc2ccc(N)cc2)C(O)[C@@H](O)[C@@H]1O.CC1O[C@@H](C/C=C/c2ccccc2N)C(O)[C@@H](O)[C@@H]1O. The number of aliphatic hydroxyl groups is 6. The second-order valence-corrected chi connectivity index (χ2v) is 10.7. The van der Waals surface area contributed by atoms with Gasteiger partial charge < -0.3 is 51.6 Å². The largest absolute Gasteiger partial charge is 0.399 e. The molecular formula is C32H44N2O8. The average molecular weight is 585 g/mol. The molecule has 0 bridgehead atoms. The second-order valence-electron chi connectivity index (χ2n) is 10.7. The van der Waals surface area contributed by atoms with E-state index < -0.39 is 61.0 Å². The number of hydrogen-bond donors (Lipinski definition) is 8. The van der Waals surface area contributed by atoms with Crippen molar-refractivity contribution in [3.05, 3.63) is 65.7 Å². The summed E-state index contributed by atoms with van der Waals surface area (Å²) in [5.74, 6) is 5.39. The summed E-state index contributed by atoms with van der Waals surface area (Å²) in [4.78, 5) is 0.